The molecule has 0 unspecified atom stereocenters. The summed E-state index contributed by atoms with van der Waals surface area (Å²) >= 11 is 3.33. The molecule has 0 bridgehead atoms. The van der Waals surface area contributed by atoms with Crippen LogP contribution in [0.4, 0.5) is 11.6 Å². The van der Waals surface area contributed by atoms with Crippen LogP contribution in [0.5, 0.6) is 0 Å². The Morgan fingerprint density at radius 1 is 1.09 bits per heavy atom. The first-order valence-electron chi connectivity index (χ1n) is 7.49. The highest BCUT2D eigenvalue weighted by Crippen LogP contribution is 2.20. The molecule has 8 heteroatoms. The van der Waals surface area contributed by atoms with Gasteiger partial charge in [-0.2, -0.15) is 28.8 Å². The summed E-state index contributed by atoms with van der Waals surface area (Å²) in [4.78, 5) is 4.48. The predicted octanol–water partition coefficient (Wildman–Crippen LogP) is 1.54. The highest BCUT2D eigenvalue weighted by atomic mass is 32.2. The number of anilines is 2. The van der Waals surface area contributed by atoms with Crippen LogP contribution in [0.1, 0.15) is 11.1 Å². The Kier molecular flexibility index (Phi) is 10.6. The van der Waals surface area contributed by atoms with E-state index in [0.717, 1.165) is 35.2 Å². The third kappa shape index (κ3) is 7.79. The number of aromatic nitrogens is 1. The zero-order chi connectivity index (χ0) is 16.9. The quantitative estimate of drug-likeness (QED) is 0.418. The number of hydrogen-bond acceptors (Lipinski definition) is 8. The van der Waals surface area contributed by atoms with Crippen molar-refractivity contribution in [2.75, 3.05) is 59.9 Å². The molecule has 1 aromatic rings. The first-order chi connectivity index (χ1) is 11.2. The van der Waals surface area contributed by atoms with Gasteiger partial charge in [0.1, 0.15) is 17.7 Å². The lowest BCUT2D eigenvalue weighted by atomic mass is 10.1. The Hall–Kier alpha value is -1.14. The van der Waals surface area contributed by atoms with E-state index in [1.165, 1.54) is 0 Å². The first kappa shape index (κ1) is 19.9. The van der Waals surface area contributed by atoms with Crippen LogP contribution in [0.15, 0.2) is 6.07 Å². The van der Waals surface area contributed by atoms with Gasteiger partial charge >= 0.3 is 0 Å². The Morgan fingerprint density at radius 2 is 1.70 bits per heavy atom. The van der Waals surface area contributed by atoms with Gasteiger partial charge in [-0.1, -0.05) is 0 Å². The summed E-state index contributed by atoms with van der Waals surface area (Å²) in [6, 6.07) is 4.07. The Labute approximate surface area is 146 Å². The van der Waals surface area contributed by atoms with E-state index in [0.29, 0.717) is 23.7 Å². The molecule has 0 atom stereocenters. The molecule has 0 aliphatic carbocycles. The summed E-state index contributed by atoms with van der Waals surface area (Å²) < 4.78 is 0. The van der Waals surface area contributed by atoms with Crippen molar-refractivity contribution in [3.05, 3.63) is 17.2 Å². The van der Waals surface area contributed by atoms with Crippen molar-refractivity contribution < 1.29 is 10.2 Å². The second-order valence-corrected chi connectivity index (χ2v) is 7.13. The van der Waals surface area contributed by atoms with E-state index in [4.69, 9.17) is 10.2 Å². The summed E-state index contributed by atoms with van der Waals surface area (Å²) in [5.41, 5.74) is 1.45. The molecule has 1 heterocycles. The highest BCUT2D eigenvalue weighted by molar-refractivity contribution is 7.99. The van der Waals surface area contributed by atoms with Crippen molar-refractivity contribution in [1.82, 2.24) is 4.98 Å². The molecule has 128 valence electrons. The molecule has 0 fully saturated rings. The molecule has 0 aliphatic rings. The number of nitrogens with one attached hydrogen (secondary N) is 2. The van der Waals surface area contributed by atoms with Gasteiger partial charge in [0.15, 0.2) is 0 Å². The summed E-state index contributed by atoms with van der Waals surface area (Å²) in [5.74, 6) is 4.54. The van der Waals surface area contributed by atoms with Crippen LogP contribution < -0.4 is 10.6 Å². The fraction of sp³-hybridized carbons (Fsp3) is 0.600. The van der Waals surface area contributed by atoms with E-state index in [-0.39, 0.29) is 13.2 Å². The molecular formula is C15H24N4O2S2. The van der Waals surface area contributed by atoms with E-state index in [9.17, 15) is 5.26 Å². The second-order valence-electron chi connectivity index (χ2n) is 4.69. The molecule has 0 saturated carbocycles. The molecule has 0 aliphatic heterocycles. The zero-order valence-corrected chi connectivity index (χ0v) is 15.0. The molecule has 1 aromatic heterocycles. The minimum absolute atomic E-state index is 0.180. The fourth-order valence-corrected chi connectivity index (χ4v) is 3.02. The van der Waals surface area contributed by atoms with Crippen LogP contribution in [0.3, 0.4) is 0 Å². The minimum Gasteiger partial charge on any atom is -0.396 e. The van der Waals surface area contributed by atoms with E-state index >= 15 is 0 Å². The van der Waals surface area contributed by atoms with Gasteiger partial charge in [0, 0.05) is 36.1 Å². The van der Waals surface area contributed by atoms with Gasteiger partial charge in [-0.15, -0.1) is 0 Å². The van der Waals surface area contributed by atoms with Crippen molar-refractivity contribution in [2.24, 2.45) is 0 Å². The standard InChI is InChI=1S/C15H24N4O2S2/c1-12-10-14(17-2-6-22-8-4-20)19-15(13(12)11-16)18-3-7-23-9-5-21/h10,20-21H,2-9H2,1H3,(H2,17,18,19). The number of aryl methyl sites for hydroxylation is 1. The van der Waals surface area contributed by atoms with E-state index < -0.39 is 0 Å². The van der Waals surface area contributed by atoms with Gasteiger partial charge in [0.25, 0.3) is 0 Å². The lowest BCUT2D eigenvalue weighted by Gasteiger charge is -2.12. The average Bonchev–Trinajstić information content (AvgIpc) is 2.54. The van der Waals surface area contributed by atoms with Gasteiger partial charge < -0.3 is 20.8 Å². The SMILES string of the molecule is Cc1cc(NCCSCCO)nc(NCCSCCO)c1C#N. The third-order valence-corrected chi connectivity index (χ3v) is 4.82. The summed E-state index contributed by atoms with van der Waals surface area (Å²) in [6.07, 6.45) is 0. The second kappa shape index (κ2) is 12.3. The van der Waals surface area contributed by atoms with Crippen molar-refractivity contribution in [3.8, 4) is 6.07 Å². The largest absolute Gasteiger partial charge is 0.396 e. The maximum absolute atomic E-state index is 9.29. The van der Waals surface area contributed by atoms with Gasteiger partial charge in [-0.3, -0.25) is 0 Å². The van der Waals surface area contributed by atoms with Crippen molar-refractivity contribution in [2.45, 2.75) is 6.92 Å². The highest BCUT2D eigenvalue weighted by Gasteiger charge is 2.09. The summed E-state index contributed by atoms with van der Waals surface area (Å²) in [5, 5.41) is 33.2. The third-order valence-electron chi connectivity index (χ3n) is 2.89. The summed E-state index contributed by atoms with van der Waals surface area (Å²) in [7, 11) is 0. The van der Waals surface area contributed by atoms with Crippen LogP contribution in [-0.2, 0) is 0 Å². The number of aliphatic hydroxyl groups is 2. The maximum Gasteiger partial charge on any atom is 0.146 e. The minimum atomic E-state index is 0.180. The number of hydrogen-bond donors (Lipinski definition) is 4. The van der Waals surface area contributed by atoms with Gasteiger partial charge in [-0.25, -0.2) is 4.98 Å². The average molecular weight is 357 g/mol. The molecule has 0 amide bonds. The van der Waals surface area contributed by atoms with Crippen LogP contribution >= 0.6 is 23.5 Å². The molecule has 0 radical (unpaired) electrons. The van der Waals surface area contributed by atoms with Crippen LogP contribution in [0, 0.1) is 18.3 Å². The van der Waals surface area contributed by atoms with Gasteiger partial charge in [0.05, 0.1) is 18.8 Å². The maximum atomic E-state index is 9.29. The molecule has 6 nitrogen and oxygen atoms in total. The summed E-state index contributed by atoms with van der Waals surface area (Å²) in [6.45, 7) is 3.73. The Morgan fingerprint density at radius 3 is 2.26 bits per heavy atom. The smallest absolute Gasteiger partial charge is 0.146 e. The van der Waals surface area contributed by atoms with Gasteiger partial charge in [-0.05, 0) is 18.6 Å². The van der Waals surface area contributed by atoms with E-state index in [1.807, 2.05) is 13.0 Å². The molecule has 4 N–H and O–H groups in total. The molecule has 0 saturated heterocycles. The fourth-order valence-electron chi connectivity index (χ4n) is 1.86. The molecule has 1 rings (SSSR count). The lowest BCUT2D eigenvalue weighted by molar-refractivity contribution is 0.322. The van der Waals surface area contributed by atoms with Crippen LogP contribution in [-0.4, -0.2) is 64.5 Å². The van der Waals surface area contributed by atoms with Crippen LogP contribution in [0.2, 0.25) is 0 Å². The number of rotatable bonds is 12. The monoisotopic (exact) mass is 356 g/mol. The topological polar surface area (TPSA) is 101 Å². The van der Waals surface area contributed by atoms with E-state index in [2.05, 4.69) is 21.7 Å². The molecular weight excluding hydrogens is 332 g/mol. The number of thioether (sulfide) groups is 2. The molecule has 23 heavy (non-hydrogen) atoms. The van der Waals surface area contributed by atoms with Crippen molar-refractivity contribution in [1.29, 1.82) is 5.26 Å². The zero-order valence-electron chi connectivity index (χ0n) is 13.3. The normalized spacial score (nSPS) is 10.3. The molecule has 0 aromatic carbocycles. The van der Waals surface area contributed by atoms with Crippen molar-refractivity contribution >= 4 is 35.2 Å². The van der Waals surface area contributed by atoms with E-state index in [1.54, 1.807) is 23.5 Å². The first-order valence-corrected chi connectivity index (χ1v) is 9.80. The number of aliphatic hydroxyl groups excluding tert-OH is 2. The number of pyridine rings is 1. The van der Waals surface area contributed by atoms with Gasteiger partial charge in [0.2, 0.25) is 0 Å². The number of nitrogens with zero attached hydrogens (tertiary/aromatic N) is 2. The Balaban J connectivity index is 2.58. The molecule has 0 spiro atoms. The number of nitriles is 1. The predicted molar refractivity (Wildman–Crippen MR) is 99.5 cm³/mol. The van der Waals surface area contributed by atoms with Crippen LogP contribution in [0.25, 0.3) is 0 Å². The Bertz CT molecular complexity index is 509. The van der Waals surface area contributed by atoms with Crippen molar-refractivity contribution in [3.63, 3.8) is 0 Å². The lowest BCUT2D eigenvalue weighted by Crippen LogP contribution is -2.12.